The molecule has 0 saturated carbocycles. The van der Waals surface area contributed by atoms with E-state index in [9.17, 15) is 0 Å². The molecule has 3 heteroatoms. The lowest BCUT2D eigenvalue weighted by atomic mass is 10.0. The van der Waals surface area contributed by atoms with Crippen LogP contribution in [-0.4, -0.2) is 18.8 Å². The number of hydrogen-bond acceptors (Lipinski definition) is 3. The Morgan fingerprint density at radius 1 is 1.18 bits per heavy atom. The normalized spacial score (nSPS) is 14.8. The molecule has 94 valence electrons. The van der Waals surface area contributed by atoms with E-state index in [1.54, 1.807) is 0 Å². The summed E-state index contributed by atoms with van der Waals surface area (Å²) < 4.78 is 11.1. The number of nitrogens with one attached hydrogen (secondary N) is 1. The van der Waals surface area contributed by atoms with Crippen LogP contribution >= 0.6 is 0 Å². The maximum absolute atomic E-state index is 5.57. The number of rotatable bonds is 4. The molecule has 0 aromatic heterocycles. The van der Waals surface area contributed by atoms with Gasteiger partial charge in [0.1, 0.15) is 13.2 Å². The SMILES string of the molecule is CCC(C)(C)NCc1ccc2c(c1)OCCO2. The monoisotopic (exact) mass is 235 g/mol. The Labute approximate surface area is 103 Å². The lowest BCUT2D eigenvalue weighted by molar-refractivity contribution is 0.171. The Morgan fingerprint density at radius 2 is 1.88 bits per heavy atom. The van der Waals surface area contributed by atoms with Crippen LogP contribution in [0.5, 0.6) is 11.5 Å². The average molecular weight is 235 g/mol. The van der Waals surface area contributed by atoms with Gasteiger partial charge in [-0.15, -0.1) is 0 Å². The zero-order chi connectivity index (χ0) is 12.3. The first-order valence-corrected chi connectivity index (χ1v) is 6.24. The van der Waals surface area contributed by atoms with Crippen molar-refractivity contribution in [2.24, 2.45) is 0 Å². The maximum atomic E-state index is 5.57. The molecule has 0 amide bonds. The van der Waals surface area contributed by atoms with Gasteiger partial charge in [-0.2, -0.15) is 0 Å². The van der Waals surface area contributed by atoms with E-state index >= 15 is 0 Å². The van der Waals surface area contributed by atoms with Gasteiger partial charge in [0.25, 0.3) is 0 Å². The molecule has 0 bridgehead atoms. The molecule has 0 fully saturated rings. The predicted molar refractivity (Wildman–Crippen MR) is 68.6 cm³/mol. The molecular formula is C14H21NO2. The molecule has 3 nitrogen and oxygen atoms in total. The van der Waals surface area contributed by atoms with Crippen molar-refractivity contribution in [2.75, 3.05) is 13.2 Å². The highest BCUT2D eigenvalue weighted by Crippen LogP contribution is 2.30. The molecule has 0 unspecified atom stereocenters. The molecular weight excluding hydrogens is 214 g/mol. The van der Waals surface area contributed by atoms with Crippen molar-refractivity contribution >= 4 is 0 Å². The van der Waals surface area contributed by atoms with Gasteiger partial charge < -0.3 is 14.8 Å². The van der Waals surface area contributed by atoms with E-state index in [-0.39, 0.29) is 5.54 Å². The van der Waals surface area contributed by atoms with Gasteiger partial charge in [-0.05, 0) is 38.0 Å². The Balaban J connectivity index is 2.02. The van der Waals surface area contributed by atoms with Crippen LogP contribution in [0.4, 0.5) is 0 Å². The molecule has 0 spiro atoms. The molecule has 0 radical (unpaired) electrons. The first kappa shape index (κ1) is 12.2. The first-order valence-electron chi connectivity index (χ1n) is 6.24. The predicted octanol–water partition coefficient (Wildman–Crippen LogP) is 2.74. The van der Waals surface area contributed by atoms with Gasteiger partial charge in [0, 0.05) is 12.1 Å². The third-order valence-electron chi connectivity index (χ3n) is 3.26. The average Bonchev–Trinajstić information content (AvgIpc) is 2.36. The molecule has 1 aromatic carbocycles. The van der Waals surface area contributed by atoms with E-state index in [4.69, 9.17) is 9.47 Å². The molecule has 1 heterocycles. The quantitative estimate of drug-likeness (QED) is 0.870. The van der Waals surface area contributed by atoms with Gasteiger partial charge in [-0.3, -0.25) is 0 Å². The second kappa shape index (κ2) is 4.96. The molecule has 1 aromatic rings. The van der Waals surface area contributed by atoms with Crippen LogP contribution in [0.25, 0.3) is 0 Å². The highest BCUT2D eigenvalue weighted by Gasteiger charge is 2.15. The Hall–Kier alpha value is -1.22. The van der Waals surface area contributed by atoms with Crippen molar-refractivity contribution in [3.05, 3.63) is 23.8 Å². The van der Waals surface area contributed by atoms with Gasteiger partial charge in [-0.25, -0.2) is 0 Å². The lowest BCUT2D eigenvalue weighted by Crippen LogP contribution is -2.37. The molecule has 0 saturated heterocycles. The number of ether oxygens (including phenoxy) is 2. The number of fused-ring (bicyclic) bond motifs is 1. The van der Waals surface area contributed by atoms with Crippen LogP contribution in [0, 0.1) is 0 Å². The third kappa shape index (κ3) is 3.13. The van der Waals surface area contributed by atoms with Gasteiger partial charge in [0.05, 0.1) is 0 Å². The van der Waals surface area contributed by atoms with Crippen LogP contribution < -0.4 is 14.8 Å². The fraction of sp³-hybridized carbons (Fsp3) is 0.571. The van der Waals surface area contributed by atoms with E-state index in [2.05, 4.69) is 38.2 Å². The maximum Gasteiger partial charge on any atom is 0.161 e. The standard InChI is InChI=1S/C14H21NO2/c1-4-14(2,3)15-10-11-5-6-12-13(9-11)17-8-7-16-12/h5-6,9,15H,4,7-8,10H2,1-3H3. The molecule has 17 heavy (non-hydrogen) atoms. The van der Waals surface area contributed by atoms with Crippen LogP contribution in [0.15, 0.2) is 18.2 Å². The van der Waals surface area contributed by atoms with E-state index < -0.39 is 0 Å². The van der Waals surface area contributed by atoms with Gasteiger partial charge >= 0.3 is 0 Å². The van der Waals surface area contributed by atoms with Crippen molar-refractivity contribution in [3.8, 4) is 11.5 Å². The zero-order valence-corrected chi connectivity index (χ0v) is 10.9. The minimum absolute atomic E-state index is 0.174. The van der Waals surface area contributed by atoms with Crippen molar-refractivity contribution < 1.29 is 9.47 Å². The van der Waals surface area contributed by atoms with E-state index in [0.29, 0.717) is 13.2 Å². The zero-order valence-electron chi connectivity index (χ0n) is 10.9. The number of hydrogen-bond donors (Lipinski definition) is 1. The molecule has 1 aliphatic heterocycles. The summed E-state index contributed by atoms with van der Waals surface area (Å²) in [6, 6.07) is 6.14. The first-order chi connectivity index (χ1) is 8.11. The fourth-order valence-corrected chi connectivity index (χ4v) is 1.66. The largest absolute Gasteiger partial charge is 0.486 e. The summed E-state index contributed by atoms with van der Waals surface area (Å²) in [4.78, 5) is 0. The Morgan fingerprint density at radius 3 is 2.59 bits per heavy atom. The number of benzene rings is 1. The van der Waals surface area contributed by atoms with Crippen LogP contribution in [-0.2, 0) is 6.54 Å². The summed E-state index contributed by atoms with van der Waals surface area (Å²) in [6.45, 7) is 8.77. The minimum Gasteiger partial charge on any atom is -0.486 e. The van der Waals surface area contributed by atoms with Crippen LogP contribution in [0.1, 0.15) is 32.8 Å². The van der Waals surface area contributed by atoms with Crippen molar-refractivity contribution in [1.82, 2.24) is 5.32 Å². The topological polar surface area (TPSA) is 30.5 Å². The minimum atomic E-state index is 0.174. The van der Waals surface area contributed by atoms with E-state index in [1.165, 1.54) is 5.56 Å². The molecule has 2 rings (SSSR count). The van der Waals surface area contributed by atoms with Gasteiger partial charge in [-0.1, -0.05) is 13.0 Å². The summed E-state index contributed by atoms with van der Waals surface area (Å²) in [5.41, 5.74) is 1.41. The summed E-state index contributed by atoms with van der Waals surface area (Å²) in [7, 11) is 0. The van der Waals surface area contributed by atoms with Crippen molar-refractivity contribution in [3.63, 3.8) is 0 Å². The van der Waals surface area contributed by atoms with Crippen molar-refractivity contribution in [2.45, 2.75) is 39.3 Å². The summed E-state index contributed by atoms with van der Waals surface area (Å²) >= 11 is 0. The molecule has 1 N–H and O–H groups in total. The van der Waals surface area contributed by atoms with E-state index in [0.717, 1.165) is 24.5 Å². The summed E-state index contributed by atoms with van der Waals surface area (Å²) in [5.74, 6) is 1.72. The van der Waals surface area contributed by atoms with Gasteiger partial charge in [0.15, 0.2) is 11.5 Å². The van der Waals surface area contributed by atoms with Gasteiger partial charge in [0.2, 0.25) is 0 Å². The summed E-state index contributed by atoms with van der Waals surface area (Å²) in [6.07, 6.45) is 1.11. The highest BCUT2D eigenvalue weighted by molar-refractivity contribution is 5.43. The van der Waals surface area contributed by atoms with E-state index in [1.807, 2.05) is 6.07 Å². The molecule has 0 aliphatic carbocycles. The smallest absolute Gasteiger partial charge is 0.161 e. The lowest BCUT2D eigenvalue weighted by Gasteiger charge is -2.25. The van der Waals surface area contributed by atoms with Crippen LogP contribution in [0.3, 0.4) is 0 Å². The molecule has 1 aliphatic rings. The fourth-order valence-electron chi connectivity index (χ4n) is 1.66. The molecule has 0 atom stereocenters. The third-order valence-corrected chi connectivity index (χ3v) is 3.26. The Bertz CT molecular complexity index is 388. The summed E-state index contributed by atoms with van der Waals surface area (Å²) in [5, 5.41) is 3.54. The second-order valence-corrected chi connectivity index (χ2v) is 5.07. The van der Waals surface area contributed by atoms with Crippen LogP contribution in [0.2, 0.25) is 0 Å². The van der Waals surface area contributed by atoms with Crippen molar-refractivity contribution in [1.29, 1.82) is 0 Å². The Kier molecular flexibility index (Phi) is 3.57. The second-order valence-electron chi connectivity index (χ2n) is 5.07. The highest BCUT2D eigenvalue weighted by atomic mass is 16.6.